The molecule has 0 aliphatic rings. The van der Waals surface area contributed by atoms with Crippen LogP contribution in [-0.4, -0.2) is 24.1 Å². The van der Waals surface area contributed by atoms with E-state index in [2.05, 4.69) is 69.0 Å². The van der Waals surface area contributed by atoms with Gasteiger partial charge in [-0.25, -0.2) is 4.79 Å². The van der Waals surface area contributed by atoms with E-state index in [0.717, 1.165) is 10.0 Å². The monoisotopic (exact) mass is 665 g/mol. The van der Waals surface area contributed by atoms with Gasteiger partial charge in [-0.2, -0.15) is 0 Å². The number of methoxy groups -OCH3 is 1. The van der Waals surface area contributed by atoms with Crippen LogP contribution in [0, 0.1) is 0 Å². The van der Waals surface area contributed by atoms with Gasteiger partial charge in [0.2, 0.25) is 0 Å². The molecular formula is C19H11Br4NO4S. The molecule has 0 atom stereocenters. The Morgan fingerprint density at radius 2 is 1.79 bits per heavy atom. The van der Waals surface area contributed by atoms with Crippen molar-refractivity contribution in [1.29, 1.82) is 0 Å². The zero-order valence-electron chi connectivity index (χ0n) is 14.6. The van der Waals surface area contributed by atoms with E-state index >= 15 is 0 Å². The number of carboxylic acids is 1. The number of anilines is 1. The lowest BCUT2D eigenvalue weighted by Crippen LogP contribution is -2.15. The molecule has 1 amide bonds. The Kier molecular flexibility index (Phi) is 7.21. The highest BCUT2D eigenvalue weighted by atomic mass is 79.9. The smallest absolute Gasteiger partial charge is 0.339 e. The van der Waals surface area contributed by atoms with Gasteiger partial charge in [0.1, 0.15) is 11.3 Å². The topological polar surface area (TPSA) is 75.6 Å². The van der Waals surface area contributed by atoms with E-state index < -0.39 is 11.9 Å². The van der Waals surface area contributed by atoms with Gasteiger partial charge in [0.25, 0.3) is 5.91 Å². The minimum atomic E-state index is -1.12. The fourth-order valence-corrected chi connectivity index (χ4v) is 5.93. The molecule has 3 aromatic rings. The van der Waals surface area contributed by atoms with Crippen LogP contribution in [0.3, 0.4) is 0 Å². The number of carboxylic acid groups (broad SMARTS) is 1. The van der Waals surface area contributed by atoms with Crippen LogP contribution in [0.2, 0.25) is 0 Å². The van der Waals surface area contributed by atoms with Crippen molar-refractivity contribution in [2.24, 2.45) is 0 Å². The highest BCUT2D eigenvalue weighted by Crippen LogP contribution is 2.41. The van der Waals surface area contributed by atoms with Crippen LogP contribution in [0.15, 0.2) is 53.6 Å². The van der Waals surface area contributed by atoms with Crippen LogP contribution in [0.25, 0.3) is 10.4 Å². The minimum absolute atomic E-state index is 0.0428. The number of carbonyl (C=O) groups excluding carboxylic acids is 1. The van der Waals surface area contributed by atoms with Gasteiger partial charge in [-0.05, 0) is 71.6 Å². The van der Waals surface area contributed by atoms with Gasteiger partial charge in [-0.15, -0.1) is 11.3 Å². The Balaban J connectivity index is 2.03. The number of carbonyl (C=O) groups is 2. The van der Waals surface area contributed by atoms with Crippen molar-refractivity contribution in [3.05, 3.63) is 64.7 Å². The molecule has 2 N–H and O–H groups in total. The van der Waals surface area contributed by atoms with E-state index in [-0.39, 0.29) is 11.3 Å². The van der Waals surface area contributed by atoms with E-state index in [4.69, 9.17) is 4.74 Å². The van der Waals surface area contributed by atoms with Crippen molar-refractivity contribution in [1.82, 2.24) is 0 Å². The van der Waals surface area contributed by atoms with Crippen molar-refractivity contribution in [2.75, 3.05) is 12.4 Å². The van der Waals surface area contributed by atoms with Crippen molar-refractivity contribution in [3.63, 3.8) is 0 Å². The molecule has 2 aromatic carbocycles. The average molecular weight is 669 g/mol. The van der Waals surface area contributed by atoms with Crippen LogP contribution in [-0.2, 0) is 0 Å². The van der Waals surface area contributed by atoms with Crippen LogP contribution in [0.5, 0.6) is 5.75 Å². The first kappa shape index (κ1) is 22.5. The fourth-order valence-electron chi connectivity index (χ4n) is 2.62. The number of ether oxygens (including phenoxy) is 1. The third-order valence-corrected chi connectivity index (χ3v) is 8.17. The summed E-state index contributed by atoms with van der Waals surface area (Å²) in [5, 5.41) is 14.1. The number of rotatable bonds is 5. The first-order valence-electron chi connectivity index (χ1n) is 7.88. The molecule has 0 bridgehead atoms. The molecule has 0 fully saturated rings. The average Bonchev–Trinajstić information content (AvgIpc) is 3.08. The Labute approximate surface area is 204 Å². The van der Waals surface area contributed by atoms with E-state index in [0.29, 0.717) is 29.6 Å². The highest BCUT2D eigenvalue weighted by molar-refractivity contribution is 9.13. The van der Waals surface area contributed by atoms with Crippen molar-refractivity contribution in [3.8, 4) is 16.2 Å². The Morgan fingerprint density at radius 1 is 1.07 bits per heavy atom. The highest BCUT2D eigenvalue weighted by Gasteiger charge is 2.25. The molecule has 1 aromatic heterocycles. The summed E-state index contributed by atoms with van der Waals surface area (Å²) < 4.78 is 7.65. The summed E-state index contributed by atoms with van der Waals surface area (Å²) in [4.78, 5) is 25.5. The predicted octanol–water partition coefficient (Wildman–Crippen LogP) is 7.42. The SMILES string of the molecule is COc1cc(Br)c(C(=O)Nc2csc(-c3cccc(Br)c3)c2C(=O)O)c(Br)c1Br. The number of benzene rings is 2. The second-order valence-corrected chi connectivity index (χ2v) is 9.92. The summed E-state index contributed by atoms with van der Waals surface area (Å²) >= 11 is 14.8. The van der Waals surface area contributed by atoms with Gasteiger partial charge >= 0.3 is 5.97 Å². The molecule has 1 heterocycles. The van der Waals surface area contributed by atoms with Crippen molar-refractivity contribution < 1.29 is 19.4 Å². The summed E-state index contributed by atoms with van der Waals surface area (Å²) in [6, 6.07) is 8.99. The van der Waals surface area contributed by atoms with Gasteiger partial charge in [0, 0.05) is 18.8 Å². The first-order valence-corrected chi connectivity index (χ1v) is 11.9. The number of nitrogens with one attached hydrogen (secondary N) is 1. The third-order valence-electron chi connectivity index (χ3n) is 3.91. The van der Waals surface area contributed by atoms with Crippen molar-refractivity contribution >= 4 is 92.6 Å². The lowest BCUT2D eigenvalue weighted by Gasteiger charge is -2.13. The predicted molar refractivity (Wildman–Crippen MR) is 128 cm³/mol. The zero-order valence-corrected chi connectivity index (χ0v) is 21.7. The molecule has 0 saturated carbocycles. The minimum Gasteiger partial charge on any atom is -0.495 e. The first-order chi connectivity index (χ1) is 13.7. The second-order valence-electron chi connectivity index (χ2n) is 5.69. The largest absolute Gasteiger partial charge is 0.495 e. The van der Waals surface area contributed by atoms with Crippen LogP contribution in [0.4, 0.5) is 5.69 Å². The maximum atomic E-state index is 13.0. The fraction of sp³-hybridized carbons (Fsp3) is 0.0526. The molecule has 0 radical (unpaired) electrons. The Morgan fingerprint density at radius 3 is 2.41 bits per heavy atom. The summed E-state index contributed by atoms with van der Waals surface area (Å²) in [6.07, 6.45) is 0. The van der Waals surface area contributed by atoms with Gasteiger partial charge in [0.05, 0.1) is 27.7 Å². The lowest BCUT2D eigenvalue weighted by molar-refractivity contribution is 0.0699. The van der Waals surface area contributed by atoms with E-state index in [9.17, 15) is 14.7 Å². The molecule has 5 nitrogen and oxygen atoms in total. The Hall–Kier alpha value is -1.20. The Bertz CT molecular complexity index is 1130. The maximum absolute atomic E-state index is 13.0. The quantitative estimate of drug-likeness (QED) is 0.278. The maximum Gasteiger partial charge on any atom is 0.339 e. The standard InChI is InChI=1S/C19H11Br4NO4S/c1-28-12-6-10(21)13(16(23)15(12)22)18(25)24-11-7-29-17(14(11)19(26)27)8-3-2-4-9(20)5-8/h2-7H,1H3,(H,24,25)(H,26,27). The molecular weight excluding hydrogens is 658 g/mol. The number of halogens is 4. The second kappa shape index (κ2) is 9.30. The molecule has 3 rings (SSSR count). The third kappa shape index (κ3) is 4.61. The van der Waals surface area contributed by atoms with Gasteiger partial charge in [-0.3, -0.25) is 4.79 Å². The van der Waals surface area contributed by atoms with E-state index in [1.165, 1.54) is 18.4 Å². The van der Waals surface area contributed by atoms with E-state index in [1.807, 2.05) is 24.3 Å². The van der Waals surface area contributed by atoms with Gasteiger partial charge in [-0.1, -0.05) is 28.1 Å². The summed E-state index contributed by atoms with van der Waals surface area (Å²) in [5.41, 5.74) is 1.33. The number of thiophene rings is 1. The zero-order chi connectivity index (χ0) is 21.3. The number of aromatic carboxylic acids is 1. The molecule has 10 heteroatoms. The lowest BCUT2D eigenvalue weighted by atomic mass is 10.1. The molecule has 0 aliphatic heterocycles. The number of hydrogen-bond donors (Lipinski definition) is 2. The summed E-state index contributed by atoms with van der Waals surface area (Å²) in [7, 11) is 1.52. The summed E-state index contributed by atoms with van der Waals surface area (Å²) in [5.74, 6) is -1.04. The van der Waals surface area contributed by atoms with Gasteiger partial charge < -0.3 is 15.2 Å². The van der Waals surface area contributed by atoms with E-state index in [1.54, 1.807) is 11.4 Å². The molecule has 0 unspecified atom stereocenters. The molecule has 150 valence electrons. The van der Waals surface area contributed by atoms with Crippen LogP contribution >= 0.6 is 75.1 Å². The molecule has 0 aliphatic carbocycles. The molecule has 0 saturated heterocycles. The number of hydrogen-bond acceptors (Lipinski definition) is 4. The normalized spacial score (nSPS) is 10.7. The van der Waals surface area contributed by atoms with Gasteiger partial charge in [0.15, 0.2) is 0 Å². The summed E-state index contributed by atoms with van der Waals surface area (Å²) in [6.45, 7) is 0. The van der Waals surface area contributed by atoms with Crippen LogP contribution in [0.1, 0.15) is 20.7 Å². The van der Waals surface area contributed by atoms with Crippen LogP contribution < -0.4 is 10.1 Å². The number of amides is 1. The van der Waals surface area contributed by atoms with Crippen molar-refractivity contribution in [2.45, 2.75) is 0 Å². The molecule has 0 spiro atoms. The molecule has 29 heavy (non-hydrogen) atoms.